The zero-order chi connectivity index (χ0) is 15.6. The Balaban J connectivity index is 2.46. The van der Waals surface area contributed by atoms with Gasteiger partial charge in [0, 0.05) is 5.69 Å². The lowest BCUT2D eigenvalue weighted by atomic mass is 10.00. The molecule has 0 aliphatic heterocycles. The molecule has 0 saturated carbocycles. The monoisotopic (exact) mass is 344 g/mol. The van der Waals surface area contributed by atoms with Gasteiger partial charge in [-0.3, -0.25) is 4.21 Å². The van der Waals surface area contributed by atoms with Crippen LogP contribution in [-0.2, 0) is 15.8 Å². The highest BCUT2D eigenvalue weighted by Gasteiger charge is 2.25. The second-order valence-corrected chi connectivity index (χ2v) is 6.99. The lowest BCUT2D eigenvalue weighted by molar-refractivity contribution is 0.500. The van der Waals surface area contributed by atoms with Crippen LogP contribution < -0.4 is 5.32 Å². The van der Waals surface area contributed by atoms with Gasteiger partial charge in [-0.2, -0.15) is 4.98 Å². The summed E-state index contributed by atoms with van der Waals surface area (Å²) in [7, 11) is 0. The van der Waals surface area contributed by atoms with Gasteiger partial charge in [-0.25, -0.2) is 4.98 Å². The first kappa shape index (κ1) is 16.2. The lowest BCUT2D eigenvalue weighted by Gasteiger charge is -2.30. The summed E-state index contributed by atoms with van der Waals surface area (Å²) in [4.78, 5) is 7.76. The van der Waals surface area contributed by atoms with E-state index in [1.54, 1.807) is 38.1 Å². The highest BCUT2D eigenvalue weighted by atomic mass is 35.5. The lowest BCUT2D eigenvalue weighted by Crippen LogP contribution is -2.24. The van der Waals surface area contributed by atoms with Crippen LogP contribution in [0.25, 0.3) is 0 Å². The highest BCUT2D eigenvalue weighted by molar-refractivity contribution is 7.80. The molecule has 8 heteroatoms. The van der Waals surface area contributed by atoms with Gasteiger partial charge in [0.25, 0.3) is 0 Å². The van der Waals surface area contributed by atoms with E-state index in [0.29, 0.717) is 17.1 Å². The largest absolute Gasteiger partial charge is 0.772 e. The molecular formula is C13H12Cl2N3O2S-. The van der Waals surface area contributed by atoms with Crippen LogP contribution in [0.4, 0.5) is 11.5 Å². The number of anilines is 2. The van der Waals surface area contributed by atoms with Gasteiger partial charge in [0.05, 0.1) is 10.9 Å². The Bertz CT molecular complexity index is 695. The van der Waals surface area contributed by atoms with Crippen molar-refractivity contribution >= 4 is 45.8 Å². The minimum absolute atomic E-state index is 0.0473. The highest BCUT2D eigenvalue weighted by Crippen LogP contribution is 2.34. The Morgan fingerprint density at radius 3 is 2.62 bits per heavy atom. The van der Waals surface area contributed by atoms with Crippen molar-refractivity contribution in [3.05, 3.63) is 46.3 Å². The van der Waals surface area contributed by atoms with Crippen molar-refractivity contribution in [3.8, 4) is 0 Å². The average molecular weight is 345 g/mol. The molecule has 0 fully saturated rings. The molecule has 2 rings (SSSR count). The van der Waals surface area contributed by atoms with Crippen molar-refractivity contribution in [2.45, 2.75) is 18.6 Å². The van der Waals surface area contributed by atoms with E-state index in [4.69, 9.17) is 23.2 Å². The second kappa shape index (κ2) is 6.27. The van der Waals surface area contributed by atoms with Crippen LogP contribution in [0.15, 0.2) is 30.5 Å². The molecule has 0 spiro atoms. The van der Waals surface area contributed by atoms with Crippen molar-refractivity contribution in [2.24, 2.45) is 0 Å². The number of halogens is 2. The number of nitrogens with one attached hydrogen (secondary N) is 1. The number of aromatic nitrogens is 2. The molecule has 5 nitrogen and oxygen atoms in total. The summed E-state index contributed by atoms with van der Waals surface area (Å²) in [6, 6.07) is 7.03. The summed E-state index contributed by atoms with van der Waals surface area (Å²) in [5.41, 5.74) is 1.19. The number of para-hydroxylation sites is 1. The fourth-order valence-corrected chi connectivity index (χ4v) is 2.40. The summed E-state index contributed by atoms with van der Waals surface area (Å²) in [6.07, 6.45) is 1.37. The van der Waals surface area contributed by atoms with Crippen LogP contribution >= 0.6 is 23.2 Å². The van der Waals surface area contributed by atoms with Gasteiger partial charge in [-0.1, -0.05) is 29.8 Å². The summed E-state index contributed by atoms with van der Waals surface area (Å²) in [6.45, 7) is 3.23. The third kappa shape index (κ3) is 3.52. The molecule has 0 bridgehead atoms. The third-order valence-electron chi connectivity index (χ3n) is 2.96. The summed E-state index contributed by atoms with van der Waals surface area (Å²) in [5.74, 6) is 0.316. The molecule has 1 N–H and O–H groups in total. The molecule has 0 radical (unpaired) electrons. The number of hydrogen-bond donors (Lipinski definition) is 1. The van der Waals surface area contributed by atoms with Crippen LogP contribution in [0.5, 0.6) is 0 Å². The Labute approximate surface area is 135 Å². The molecule has 112 valence electrons. The zero-order valence-corrected chi connectivity index (χ0v) is 13.6. The van der Waals surface area contributed by atoms with Crippen molar-refractivity contribution in [3.63, 3.8) is 0 Å². The van der Waals surface area contributed by atoms with Crippen molar-refractivity contribution in [1.82, 2.24) is 9.97 Å². The van der Waals surface area contributed by atoms with Crippen LogP contribution in [0.2, 0.25) is 10.3 Å². The van der Waals surface area contributed by atoms with E-state index in [0.717, 1.165) is 0 Å². The van der Waals surface area contributed by atoms with Crippen LogP contribution in [0.3, 0.4) is 0 Å². The zero-order valence-electron chi connectivity index (χ0n) is 11.3. The number of benzene rings is 1. The molecule has 1 heterocycles. The molecule has 2 aromatic rings. The van der Waals surface area contributed by atoms with Gasteiger partial charge in [0.15, 0.2) is 5.82 Å². The van der Waals surface area contributed by atoms with E-state index in [-0.39, 0.29) is 10.3 Å². The van der Waals surface area contributed by atoms with E-state index in [1.165, 1.54) is 6.20 Å². The maximum atomic E-state index is 11.4. The minimum atomic E-state index is -2.29. The van der Waals surface area contributed by atoms with E-state index >= 15 is 0 Å². The predicted molar refractivity (Wildman–Crippen MR) is 83.7 cm³/mol. The first-order chi connectivity index (χ1) is 9.82. The number of nitrogens with zero attached hydrogens (tertiary/aromatic N) is 2. The van der Waals surface area contributed by atoms with Crippen LogP contribution in [0, 0.1) is 0 Å². The molecule has 21 heavy (non-hydrogen) atoms. The molecule has 1 aromatic carbocycles. The van der Waals surface area contributed by atoms with Gasteiger partial charge in [0.2, 0.25) is 5.28 Å². The molecule has 1 unspecified atom stereocenters. The third-order valence-corrected chi connectivity index (χ3v) is 4.47. The van der Waals surface area contributed by atoms with Gasteiger partial charge in [-0.15, -0.1) is 0 Å². The Morgan fingerprint density at radius 2 is 1.95 bits per heavy atom. The second-order valence-electron chi connectivity index (χ2n) is 4.75. The SMILES string of the molecule is CC(C)(c1ccccc1Nc1nc(Cl)ncc1Cl)S(=O)[O-]. The fourth-order valence-electron chi connectivity index (χ4n) is 1.77. The van der Waals surface area contributed by atoms with Crippen molar-refractivity contribution in [2.75, 3.05) is 5.32 Å². The molecule has 1 atom stereocenters. The first-order valence-corrected chi connectivity index (χ1v) is 7.79. The molecule has 0 aliphatic rings. The standard InChI is InChI=1S/C13H13Cl2N3O2S/c1-13(2,21(19)20)8-5-3-4-6-10(8)17-11-9(14)7-16-12(15)18-11/h3-7H,1-2H3,(H,19,20)(H,16,17,18)/p-1. The van der Waals surface area contributed by atoms with Crippen molar-refractivity contribution < 1.29 is 8.76 Å². The summed E-state index contributed by atoms with van der Waals surface area (Å²) in [5, 5.41) is 3.34. The molecule has 1 aromatic heterocycles. The normalized spacial score (nSPS) is 13.0. The molecule has 0 aliphatic carbocycles. The summed E-state index contributed by atoms with van der Waals surface area (Å²) >= 11 is 9.46. The maximum Gasteiger partial charge on any atom is 0.224 e. The van der Waals surface area contributed by atoms with Gasteiger partial charge < -0.3 is 9.87 Å². The fraction of sp³-hybridized carbons (Fsp3) is 0.231. The van der Waals surface area contributed by atoms with E-state index in [9.17, 15) is 8.76 Å². The van der Waals surface area contributed by atoms with E-state index < -0.39 is 15.8 Å². The van der Waals surface area contributed by atoms with Crippen LogP contribution in [0.1, 0.15) is 19.4 Å². The summed E-state index contributed by atoms with van der Waals surface area (Å²) < 4.78 is 21.8. The minimum Gasteiger partial charge on any atom is -0.772 e. The maximum absolute atomic E-state index is 11.4. The predicted octanol–water partition coefficient (Wildman–Crippen LogP) is 3.64. The smallest absolute Gasteiger partial charge is 0.224 e. The number of rotatable bonds is 4. The Hall–Kier alpha value is -1.21. The Kier molecular flexibility index (Phi) is 4.83. The first-order valence-electron chi connectivity index (χ1n) is 5.96. The molecule has 0 saturated heterocycles. The van der Waals surface area contributed by atoms with Gasteiger partial charge >= 0.3 is 0 Å². The average Bonchev–Trinajstić information content (AvgIpc) is 2.43. The van der Waals surface area contributed by atoms with Gasteiger partial charge in [-0.05, 0) is 48.2 Å². The topological polar surface area (TPSA) is 77.9 Å². The number of hydrogen-bond acceptors (Lipinski definition) is 5. The van der Waals surface area contributed by atoms with Gasteiger partial charge in [0.1, 0.15) is 5.02 Å². The van der Waals surface area contributed by atoms with Crippen LogP contribution in [-0.4, -0.2) is 18.7 Å². The Morgan fingerprint density at radius 1 is 1.29 bits per heavy atom. The molecule has 0 amide bonds. The molecular weight excluding hydrogens is 333 g/mol. The van der Waals surface area contributed by atoms with E-state index in [1.807, 2.05) is 0 Å². The van der Waals surface area contributed by atoms with Crippen molar-refractivity contribution in [1.29, 1.82) is 0 Å². The van der Waals surface area contributed by atoms with E-state index in [2.05, 4.69) is 15.3 Å². The quantitative estimate of drug-likeness (QED) is 0.676.